The van der Waals surface area contributed by atoms with Crippen LogP contribution in [0, 0.1) is 10.1 Å². The number of sulfonamides is 1. The molecule has 0 saturated carbocycles. The highest BCUT2D eigenvalue weighted by Crippen LogP contribution is 2.33. The lowest BCUT2D eigenvalue weighted by atomic mass is 10.2. The quantitative estimate of drug-likeness (QED) is 0.349. The van der Waals surface area contributed by atoms with Gasteiger partial charge in [0.05, 0.1) is 24.8 Å². The van der Waals surface area contributed by atoms with Gasteiger partial charge in [0.1, 0.15) is 30.3 Å². The van der Waals surface area contributed by atoms with E-state index in [4.69, 9.17) is 9.47 Å². The summed E-state index contributed by atoms with van der Waals surface area (Å²) in [6.45, 7) is -0.228. The van der Waals surface area contributed by atoms with E-state index >= 15 is 0 Å². The number of nitrogens with zero attached hydrogens (tertiary/aromatic N) is 2. The van der Waals surface area contributed by atoms with Crippen molar-refractivity contribution in [2.24, 2.45) is 0 Å². The fraction of sp³-hybridized carbons (Fsp3) is 0.278. The Kier molecular flexibility index (Phi) is 7.37. The standard InChI is InChI=1S/C18H21N3O7S/c1-27-17-9-8-14(21(23)24)12-16(17)20(29(2,25)26)13-18(22)19-10-11-28-15-6-4-3-5-7-15/h3-9,12H,10-11,13H2,1-2H3,(H,19,22). The van der Waals surface area contributed by atoms with Crippen molar-refractivity contribution in [2.45, 2.75) is 0 Å². The van der Waals surface area contributed by atoms with Crippen LogP contribution < -0.4 is 19.1 Å². The van der Waals surface area contributed by atoms with Gasteiger partial charge < -0.3 is 14.8 Å². The number of benzene rings is 2. The molecular weight excluding hydrogens is 402 g/mol. The molecule has 1 amide bonds. The predicted octanol–water partition coefficient (Wildman–Crippen LogP) is 1.56. The molecule has 2 aromatic carbocycles. The number of carbonyl (C=O) groups is 1. The highest BCUT2D eigenvalue weighted by atomic mass is 32.2. The fourth-order valence-electron chi connectivity index (χ4n) is 2.43. The van der Waals surface area contributed by atoms with E-state index in [0.29, 0.717) is 5.75 Å². The number of methoxy groups -OCH3 is 1. The summed E-state index contributed by atoms with van der Waals surface area (Å²) in [5.74, 6) is 0.128. The molecule has 0 fully saturated rings. The van der Waals surface area contributed by atoms with E-state index in [9.17, 15) is 23.3 Å². The van der Waals surface area contributed by atoms with Crippen LogP contribution in [0.2, 0.25) is 0 Å². The maximum atomic E-state index is 12.3. The maximum absolute atomic E-state index is 12.3. The Morgan fingerprint density at radius 2 is 1.90 bits per heavy atom. The van der Waals surface area contributed by atoms with Crippen molar-refractivity contribution in [1.29, 1.82) is 0 Å². The minimum atomic E-state index is -3.92. The topological polar surface area (TPSA) is 128 Å². The molecule has 11 heteroatoms. The van der Waals surface area contributed by atoms with Gasteiger partial charge in [0.25, 0.3) is 5.69 Å². The summed E-state index contributed by atoms with van der Waals surface area (Å²) >= 11 is 0. The molecule has 29 heavy (non-hydrogen) atoms. The highest BCUT2D eigenvalue weighted by molar-refractivity contribution is 7.92. The summed E-state index contributed by atoms with van der Waals surface area (Å²) in [6, 6.07) is 12.5. The number of non-ortho nitro benzene ring substituents is 1. The van der Waals surface area contributed by atoms with Crippen molar-refractivity contribution in [3.05, 3.63) is 58.6 Å². The van der Waals surface area contributed by atoms with Crippen LogP contribution in [-0.2, 0) is 14.8 Å². The number of hydrogen-bond donors (Lipinski definition) is 1. The first kappa shape index (κ1) is 22.0. The number of anilines is 1. The molecule has 0 aromatic heterocycles. The second-order valence-electron chi connectivity index (χ2n) is 5.89. The number of para-hydroxylation sites is 1. The van der Waals surface area contributed by atoms with Gasteiger partial charge in [0.2, 0.25) is 15.9 Å². The number of nitrogens with one attached hydrogen (secondary N) is 1. The van der Waals surface area contributed by atoms with Crippen LogP contribution in [0.15, 0.2) is 48.5 Å². The second kappa shape index (κ2) is 9.73. The molecular formula is C18H21N3O7S. The van der Waals surface area contributed by atoms with Crippen molar-refractivity contribution >= 4 is 27.3 Å². The van der Waals surface area contributed by atoms with Crippen LogP contribution in [0.3, 0.4) is 0 Å². The summed E-state index contributed by atoms with van der Waals surface area (Å²) < 4.78 is 35.8. The average Bonchev–Trinajstić information content (AvgIpc) is 2.69. The summed E-state index contributed by atoms with van der Waals surface area (Å²) in [5, 5.41) is 13.6. The lowest BCUT2D eigenvalue weighted by Gasteiger charge is -2.23. The average molecular weight is 423 g/mol. The Balaban J connectivity index is 2.08. The smallest absolute Gasteiger partial charge is 0.271 e. The number of nitro groups is 1. The molecule has 0 aliphatic rings. The number of amides is 1. The molecule has 10 nitrogen and oxygen atoms in total. The first-order valence-corrected chi connectivity index (χ1v) is 10.3. The van der Waals surface area contributed by atoms with E-state index in [-0.39, 0.29) is 30.3 Å². The van der Waals surface area contributed by atoms with Crippen LogP contribution in [-0.4, -0.2) is 52.3 Å². The Bertz CT molecular complexity index is 965. The van der Waals surface area contributed by atoms with Gasteiger partial charge in [0.15, 0.2) is 0 Å². The predicted molar refractivity (Wildman–Crippen MR) is 107 cm³/mol. The van der Waals surface area contributed by atoms with E-state index in [2.05, 4.69) is 5.32 Å². The zero-order chi connectivity index (χ0) is 21.4. The lowest BCUT2D eigenvalue weighted by Crippen LogP contribution is -2.41. The monoisotopic (exact) mass is 423 g/mol. The van der Waals surface area contributed by atoms with Gasteiger partial charge >= 0.3 is 0 Å². The number of ether oxygens (including phenoxy) is 2. The van der Waals surface area contributed by atoms with Gasteiger partial charge in [-0.1, -0.05) is 18.2 Å². The minimum Gasteiger partial charge on any atom is -0.495 e. The summed E-state index contributed by atoms with van der Waals surface area (Å²) in [5.41, 5.74) is -0.425. The van der Waals surface area contributed by atoms with E-state index in [0.717, 1.165) is 16.6 Å². The van der Waals surface area contributed by atoms with Gasteiger partial charge in [-0.05, 0) is 18.2 Å². The molecule has 0 saturated heterocycles. The highest BCUT2D eigenvalue weighted by Gasteiger charge is 2.26. The molecule has 1 N–H and O–H groups in total. The molecule has 0 atom stereocenters. The van der Waals surface area contributed by atoms with E-state index in [1.165, 1.54) is 19.2 Å². The second-order valence-corrected chi connectivity index (χ2v) is 7.80. The first-order chi connectivity index (χ1) is 13.7. The molecule has 2 aromatic rings. The number of rotatable bonds is 10. The van der Waals surface area contributed by atoms with Crippen molar-refractivity contribution in [3.8, 4) is 11.5 Å². The number of hydrogen-bond acceptors (Lipinski definition) is 7. The fourth-order valence-corrected chi connectivity index (χ4v) is 3.28. The molecule has 156 valence electrons. The Morgan fingerprint density at radius 3 is 2.48 bits per heavy atom. The van der Waals surface area contributed by atoms with Gasteiger partial charge in [-0.25, -0.2) is 8.42 Å². The third-order valence-corrected chi connectivity index (χ3v) is 4.89. The zero-order valence-electron chi connectivity index (χ0n) is 15.9. The van der Waals surface area contributed by atoms with E-state index in [1.807, 2.05) is 18.2 Å². The summed E-state index contributed by atoms with van der Waals surface area (Å²) in [7, 11) is -2.63. The first-order valence-electron chi connectivity index (χ1n) is 8.47. The molecule has 0 radical (unpaired) electrons. The van der Waals surface area contributed by atoms with Gasteiger partial charge in [-0.3, -0.25) is 19.2 Å². The Labute approximate surface area is 168 Å². The molecule has 0 unspecified atom stereocenters. The van der Waals surface area contributed by atoms with Crippen LogP contribution >= 0.6 is 0 Å². The number of carbonyl (C=O) groups excluding carboxylic acids is 1. The molecule has 0 spiro atoms. The molecule has 0 bridgehead atoms. The maximum Gasteiger partial charge on any atom is 0.271 e. The molecule has 2 rings (SSSR count). The largest absolute Gasteiger partial charge is 0.495 e. The third-order valence-electron chi connectivity index (χ3n) is 3.77. The SMILES string of the molecule is COc1ccc([N+](=O)[O-])cc1N(CC(=O)NCCOc1ccccc1)S(C)(=O)=O. The van der Waals surface area contributed by atoms with Crippen molar-refractivity contribution in [1.82, 2.24) is 5.32 Å². The van der Waals surface area contributed by atoms with Crippen molar-refractivity contribution < 1.29 is 27.6 Å². The normalized spacial score (nSPS) is 10.8. The third kappa shape index (κ3) is 6.35. The minimum absolute atomic E-state index is 0.0845. The van der Waals surface area contributed by atoms with Gasteiger partial charge in [-0.2, -0.15) is 0 Å². The molecule has 0 aliphatic heterocycles. The molecule has 0 aliphatic carbocycles. The summed E-state index contributed by atoms with van der Waals surface area (Å²) in [6.07, 6.45) is 0.900. The number of nitro benzene ring substituents is 1. The lowest BCUT2D eigenvalue weighted by molar-refractivity contribution is -0.384. The molecule has 0 heterocycles. The zero-order valence-corrected chi connectivity index (χ0v) is 16.7. The van der Waals surface area contributed by atoms with Crippen LogP contribution in [0.5, 0.6) is 11.5 Å². The summed E-state index contributed by atoms with van der Waals surface area (Å²) in [4.78, 5) is 22.6. The van der Waals surface area contributed by atoms with Crippen LogP contribution in [0.25, 0.3) is 0 Å². The van der Waals surface area contributed by atoms with E-state index in [1.54, 1.807) is 12.1 Å². The Morgan fingerprint density at radius 1 is 1.21 bits per heavy atom. The van der Waals surface area contributed by atoms with Crippen LogP contribution in [0.1, 0.15) is 0 Å². The van der Waals surface area contributed by atoms with Crippen LogP contribution in [0.4, 0.5) is 11.4 Å². The van der Waals surface area contributed by atoms with Crippen molar-refractivity contribution in [3.63, 3.8) is 0 Å². The van der Waals surface area contributed by atoms with Crippen molar-refractivity contribution in [2.75, 3.05) is 37.4 Å². The van der Waals surface area contributed by atoms with Gasteiger partial charge in [0, 0.05) is 12.1 Å². The van der Waals surface area contributed by atoms with Gasteiger partial charge in [-0.15, -0.1) is 0 Å². The Hall–Kier alpha value is -3.34. The van der Waals surface area contributed by atoms with E-state index < -0.39 is 27.4 Å².